The van der Waals surface area contributed by atoms with Gasteiger partial charge in [-0.15, -0.1) is 11.3 Å². The molecule has 0 aliphatic rings. The second-order valence-corrected chi connectivity index (χ2v) is 11.8. The van der Waals surface area contributed by atoms with Gasteiger partial charge in [-0.25, -0.2) is 8.51 Å². The van der Waals surface area contributed by atoms with E-state index in [1.807, 2.05) is 45.0 Å². The van der Waals surface area contributed by atoms with E-state index in [2.05, 4.69) is 16.7 Å². The summed E-state index contributed by atoms with van der Waals surface area (Å²) in [6.07, 6.45) is 1.09. The van der Waals surface area contributed by atoms with Crippen LogP contribution >= 0.6 is 11.3 Å². The summed E-state index contributed by atoms with van der Waals surface area (Å²) < 4.78 is 15.5. The molecule has 0 radical (unpaired) electrons. The van der Waals surface area contributed by atoms with E-state index in [-0.39, 0.29) is 17.7 Å². The summed E-state index contributed by atoms with van der Waals surface area (Å²) in [6, 6.07) is 16.2. The SMILES string of the molecule is Cc1ccc2sc(C(=O)NC(CC(C)C)C(=O)NCCCN(C)S(=O)c3ccccc3C#N)cc2c1. The van der Waals surface area contributed by atoms with Crippen LogP contribution in [-0.2, 0) is 15.8 Å². The van der Waals surface area contributed by atoms with E-state index in [1.165, 1.54) is 11.3 Å². The van der Waals surface area contributed by atoms with Crippen molar-refractivity contribution in [3.63, 3.8) is 0 Å². The predicted octanol–water partition coefficient (Wildman–Crippen LogP) is 4.39. The van der Waals surface area contributed by atoms with Gasteiger partial charge in [0.15, 0.2) is 0 Å². The van der Waals surface area contributed by atoms with Crippen molar-refractivity contribution in [3.05, 3.63) is 64.5 Å². The van der Waals surface area contributed by atoms with E-state index in [9.17, 15) is 19.1 Å². The van der Waals surface area contributed by atoms with Crippen molar-refractivity contribution in [2.45, 2.75) is 44.6 Å². The molecule has 7 nitrogen and oxygen atoms in total. The van der Waals surface area contributed by atoms with E-state index in [4.69, 9.17) is 0 Å². The van der Waals surface area contributed by atoms with E-state index < -0.39 is 17.0 Å². The Morgan fingerprint density at radius 3 is 2.64 bits per heavy atom. The standard InChI is InChI=1S/C27H32N4O3S2/c1-18(2)14-22(30-27(33)24-16-21-15-19(3)10-11-23(21)35-24)26(32)29-12-7-13-31(4)36(34)25-9-6-5-8-20(25)17-28/h5-6,8-11,15-16,18,22H,7,12-14H2,1-4H3,(H,29,32)(H,30,33). The van der Waals surface area contributed by atoms with Crippen molar-refractivity contribution >= 4 is 44.2 Å². The monoisotopic (exact) mass is 524 g/mol. The number of carbonyl (C=O) groups excluding carboxylic acids is 2. The van der Waals surface area contributed by atoms with E-state index >= 15 is 0 Å². The molecule has 0 aliphatic carbocycles. The average molecular weight is 525 g/mol. The molecule has 2 unspecified atom stereocenters. The number of thiophene rings is 1. The maximum atomic E-state index is 12.9. The lowest BCUT2D eigenvalue weighted by molar-refractivity contribution is -0.123. The van der Waals surface area contributed by atoms with Gasteiger partial charge in [0.05, 0.1) is 15.3 Å². The van der Waals surface area contributed by atoms with Gasteiger partial charge in [-0.05, 0) is 55.3 Å². The fourth-order valence-corrected chi connectivity index (χ4v) is 5.88. The summed E-state index contributed by atoms with van der Waals surface area (Å²) >= 11 is 1.42. The third kappa shape index (κ3) is 7.23. The van der Waals surface area contributed by atoms with Crippen molar-refractivity contribution < 1.29 is 13.8 Å². The average Bonchev–Trinajstić information content (AvgIpc) is 3.28. The zero-order valence-corrected chi connectivity index (χ0v) is 22.7. The van der Waals surface area contributed by atoms with Gasteiger partial charge in [-0.3, -0.25) is 9.59 Å². The van der Waals surface area contributed by atoms with Crippen molar-refractivity contribution in [1.82, 2.24) is 14.9 Å². The van der Waals surface area contributed by atoms with Crippen LogP contribution in [0, 0.1) is 24.2 Å². The predicted molar refractivity (Wildman–Crippen MR) is 145 cm³/mol. The molecule has 0 fully saturated rings. The highest BCUT2D eigenvalue weighted by Gasteiger charge is 2.23. The zero-order chi connectivity index (χ0) is 26.2. The third-order valence-electron chi connectivity index (χ3n) is 5.65. The fourth-order valence-electron chi connectivity index (χ4n) is 3.81. The van der Waals surface area contributed by atoms with Gasteiger partial charge in [0.1, 0.15) is 23.1 Å². The summed E-state index contributed by atoms with van der Waals surface area (Å²) in [4.78, 5) is 26.9. The van der Waals surface area contributed by atoms with Gasteiger partial charge in [-0.2, -0.15) is 5.26 Å². The molecule has 2 amide bonds. The van der Waals surface area contributed by atoms with Gasteiger partial charge in [-0.1, -0.05) is 43.7 Å². The maximum absolute atomic E-state index is 12.9. The van der Waals surface area contributed by atoms with Gasteiger partial charge in [0.2, 0.25) is 5.91 Å². The van der Waals surface area contributed by atoms with Gasteiger partial charge in [0.25, 0.3) is 5.91 Å². The molecule has 2 N–H and O–H groups in total. The minimum Gasteiger partial charge on any atom is -0.354 e. The van der Waals surface area contributed by atoms with Crippen LogP contribution < -0.4 is 10.6 Å². The number of hydrogen-bond donors (Lipinski definition) is 2. The van der Waals surface area contributed by atoms with Crippen molar-refractivity contribution in [2.24, 2.45) is 5.92 Å². The highest BCUT2D eigenvalue weighted by molar-refractivity contribution is 7.82. The smallest absolute Gasteiger partial charge is 0.262 e. The number of carbonyl (C=O) groups is 2. The molecule has 0 saturated heterocycles. The number of nitriles is 1. The Kier molecular flexibility index (Phi) is 9.76. The Morgan fingerprint density at radius 1 is 1.17 bits per heavy atom. The lowest BCUT2D eigenvalue weighted by atomic mass is 10.0. The first-order valence-electron chi connectivity index (χ1n) is 11.9. The van der Waals surface area contributed by atoms with Crippen LogP contribution in [0.3, 0.4) is 0 Å². The molecule has 2 aromatic carbocycles. The molecule has 9 heteroatoms. The molecule has 1 aromatic heterocycles. The number of amides is 2. The number of nitrogens with zero attached hydrogens (tertiary/aromatic N) is 2. The number of benzene rings is 2. The molecule has 36 heavy (non-hydrogen) atoms. The lowest BCUT2D eigenvalue weighted by Gasteiger charge is -2.20. The van der Waals surface area contributed by atoms with Gasteiger partial charge >= 0.3 is 0 Å². The fraction of sp³-hybridized carbons (Fsp3) is 0.370. The Morgan fingerprint density at radius 2 is 1.92 bits per heavy atom. The van der Waals surface area contributed by atoms with Crippen molar-refractivity contribution in [2.75, 3.05) is 20.1 Å². The van der Waals surface area contributed by atoms with Gasteiger partial charge < -0.3 is 10.6 Å². The van der Waals surface area contributed by atoms with E-state index in [0.29, 0.717) is 41.3 Å². The maximum Gasteiger partial charge on any atom is 0.262 e. The highest BCUT2D eigenvalue weighted by Crippen LogP contribution is 2.26. The molecule has 0 bridgehead atoms. The summed E-state index contributed by atoms with van der Waals surface area (Å²) in [5, 5.41) is 16.1. The molecule has 0 spiro atoms. The Labute approximate surface area is 219 Å². The number of rotatable bonds is 11. The molecule has 190 valence electrons. The largest absolute Gasteiger partial charge is 0.354 e. The minimum absolute atomic E-state index is 0.222. The van der Waals surface area contributed by atoms with Crippen LogP contribution in [0.25, 0.3) is 10.1 Å². The molecule has 2 atom stereocenters. The number of aryl methyl sites for hydroxylation is 1. The molecule has 0 saturated carbocycles. The normalized spacial score (nSPS) is 12.9. The summed E-state index contributed by atoms with van der Waals surface area (Å²) in [6.45, 7) is 6.89. The van der Waals surface area contributed by atoms with Gasteiger partial charge in [0, 0.05) is 24.8 Å². The Bertz CT molecular complexity index is 1300. The van der Waals surface area contributed by atoms with Crippen molar-refractivity contribution in [1.29, 1.82) is 5.26 Å². The molecule has 0 aliphatic heterocycles. The van der Waals surface area contributed by atoms with Crippen LogP contribution in [0.4, 0.5) is 0 Å². The third-order valence-corrected chi connectivity index (χ3v) is 8.25. The molecule has 3 aromatic rings. The first-order valence-corrected chi connectivity index (χ1v) is 13.8. The van der Waals surface area contributed by atoms with E-state index in [1.54, 1.807) is 35.6 Å². The topological polar surface area (TPSA) is 102 Å². The lowest BCUT2D eigenvalue weighted by Crippen LogP contribution is -2.47. The second-order valence-electron chi connectivity index (χ2n) is 9.16. The van der Waals surface area contributed by atoms with Crippen LogP contribution in [0.1, 0.15) is 47.5 Å². The highest BCUT2D eigenvalue weighted by atomic mass is 32.2. The zero-order valence-electron chi connectivity index (χ0n) is 21.0. The first-order chi connectivity index (χ1) is 17.2. The van der Waals surface area contributed by atoms with Crippen molar-refractivity contribution in [3.8, 4) is 6.07 Å². The molecule has 1 heterocycles. The Hall–Kier alpha value is -3.06. The number of fused-ring (bicyclic) bond motifs is 1. The van der Waals surface area contributed by atoms with Crippen LogP contribution in [-0.4, -0.2) is 46.5 Å². The van der Waals surface area contributed by atoms with E-state index in [0.717, 1.165) is 15.6 Å². The number of hydrogen-bond acceptors (Lipinski definition) is 5. The number of nitrogens with one attached hydrogen (secondary N) is 2. The van der Waals surface area contributed by atoms with Crippen LogP contribution in [0.2, 0.25) is 0 Å². The summed E-state index contributed by atoms with van der Waals surface area (Å²) in [5.41, 5.74) is 1.52. The van der Waals surface area contributed by atoms with Crippen LogP contribution in [0.15, 0.2) is 53.4 Å². The van der Waals surface area contributed by atoms with Crippen LogP contribution in [0.5, 0.6) is 0 Å². The summed E-state index contributed by atoms with van der Waals surface area (Å²) in [5.74, 6) is -0.256. The molecular formula is C27H32N4O3S2. The second kappa shape index (κ2) is 12.8. The summed E-state index contributed by atoms with van der Waals surface area (Å²) in [7, 11) is 0.257. The molecule has 3 rings (SSSR count). The Balaban J connectivity index is 1.54. The minimum atomic E-state index is -1.47. The quantitative estimate of drug-likeness (QED) is 0.363. The first kappa shape index (κ1) is 27.5. The molecular weight excluding hydrogens is 492 g/mol.